The minimum atomic E-state index is -2.73. The van der Waals surface area contributed by atoms with Gasteiger partial charge in [0, 0.05) is 12.1 Å². The SMILES string of the molecule is O=S1(=O)CCC(NC2CCCCCCC2)C1. The van der Waals surface area contributed by atoms with Crippen LogP contribution in [0.1, 0.15) is 51.4 Å². The Hall–Kier alpha value is -0.0900. The van der Waals surface area contributed by atoms with E-state index in [9.17, 15) is 8.42 Å². The molecule has 2 fully saturated rings. The van der Waals surface area contributed by atoms with E-state index < -0.39 is 9.84 Å². The number of sulfone groups is 1. The molecule has 0 spiro atoms. The van der Waals surface area contributed by atoms with Crippen molar-refractivity contribution in [2.75, 3.05) is 11.5 Å². The summed E-state index contributed by atoms with van der Waals surface area (Å²) in [5.74, 6) is 0.751. The summed E-state index contributed by atoms with van der Waals surface area (Å²) in [6.07, 6.45) is 9.97. The van der Waals surface area contributed by atoms with Crippen molar-refractivity contribution in [3.8, 4) is 0 Å². The Morgan fingerprint density at radius 1 is 0.812 bits per heavy atom. The van der Waals surface area contributed by atoms with Gasteiger partial charge in [0.1, 0.15) is 0 Å². The molecule has 3 nitrogen and oxygen atoms in total. The lowest BCUT2D eigenvalue weighted by atomic mass is 9.96. The minimum Gasteiger partial charge on any atom is -0.310 e. The zero-order chi connectivity index (χ0) is 11.4. The summed E-state index contributed by atoms with van der Waals surface area (Å²) in [5.41, 5.74) is 0. The maximum absolute atomic E-state index is 11.4. The molecule has 2 rings (SSSR count). The van der Waals surface area contributed by atoms with Gasteiger partial charge in [-0.2, -0.15) is 0 Å². The highest BCUT2D eigenvalue weighted by Gasteiger charge is 2.29. The highest BCUT2D eigenvalue weighted by atomic mass is 32.2. The predicted octanol–water partition coefficient (Wildman–Crippen LogP) is 1.88. The Kier molecular flexibility index (Phi) is 4.25. The number of nitrogens with one attached hydrogen (secondary N) is 1. The maximum Gasteiger partial charge on any atom is 0.151 e. The van der Waals surface area contributed by atoms with Crippen molar-refractivity contribution < 1.29 is 8.42 Å². The molecule has 0 aromatic heterocycles. The predicted molar refractivity (Wildman–Crippen MR) is 66.3 cm³/mol. The van der Waals surface area contributed by atoms with Gasteiger partial charge in [-0.05, 0) is 19.3 Å². The lowest BCUT2D eigenvalue weighted by Crippen LogP contribution is -2.39. The van der Waals surface area contributed by atoms with E-state index >= 15 is 0 Å². The quantitative estimate of drug-likeness (QED) is 0.808. The molecule has 0 radical (unpaired) electrons. The fraction of sp³-hybridized carbons (Fsp3) is 1.00. The molecule has 1 atom stereocenters. The van der Waals surface area contributed by atoms with Crippen molar-refractivity contribution in [3.63, 3.8) is 0 Å². The largest absolute Gasteiger partial charge is 0.310 e. The van der Waals surface area contributed by atoms with Crippen LogP contribution in [0.4, 0.5) is 0 Å². The first-order chi connectivity index (χ1) is 7.66. The normalized spacial score (nSPS) is 32.1. The Morgan fingerprint density at radius 3 is 2.00 bits per heavy atom. The number of rotatable bonds is 2. The van der Waals surface area contributed by atoms with Gasteiger partial charge in [-0.3, -0.25) is 0 Å². The number of hydrogen-bond acceptors (Lipinski definition) is 3. The molecule has 1 N–H and O–H groups in total. The van der Waals surface area contributed by atoms with Crippen LogP contribution in [0.2, 0.25) is 0 Å². The van der Waals surface area contributed by atoms with Crippen molar-refractivity contribution in [3.05, 3.63) is 0 Å². The standard InChI is InChI=1S/C12H23NO2S/c14-16(15)9-8-12(10-16)13-11-6-4-2-1-3-5-7-11/h11-13H,1-10H2. The molecule has 1 unspecified atom stereocenters. The summed E-state index contributed by atoms with van der Waals surface area (Å²) >= 11 is 0. The summed E-state index contributed by atoms with van der Waals surface area (Å²) in [6, 6.07) is 0.799. The Labute approximate surface area is 98.9 Å². The van der Waals surface area contributed by atoms with Gasteiger partial charge < -0.3 is 5.32 Å². The summed E-state index contributed by atoms with van der Waals surface area (Å²) in [6.45, 7) is 0. The second kappa shape index (κ2) is 5.50. The molecule has 1 aliphatic heterocycles. The van der Waals surface area contributed by atoms with Crippen molar-refractivity contribution in [1.29, 1.82) is 0 Å². The lowest BCUT2D eigenvalue weighted by Gasteiger charge is -2.24. The van der Waals surface area contributed by atoms with Gasteiger partial charge in [-0.1, -0.05) is 32.1 Å². The van der Waals surface area contributed by atoms with Crippen LogP contribution in [0.3, 0.4) is 0 Å². The molecule has 0 amide bonds. The Morgan fingerprint density at radius 2 is 1.44 bits per heavy atom. The third-order valence-electron chi connectivity index (χ3n) is 3.81. The van der Waals surface area contributed by atoms with Crippen molar-refractivity contribution in [2.24, 2.45) is 0 Å². The summed E-state index contributed by atoms with van der Waals surface area (Å²) in [4.78, 5) is 0. The highest BCUT2D eigenvalue weighted by molar-refractivity contribution is 7.91. The van der Waals surface area contributed by atoms with Crippen LogP contribution in [0, 0.1) is 0 Å². The van der Waals surface area contributed by atoms with Crippen LogP contribution < -0.4 is 5.32 Å². The van der Waals surface area contributed by atoms with Crippen LogP contribution in [0.15, 0.2) is 0 Å². The van der Waals surface area contributed by atoms with Crippen LogP contribution in [0.5, 0.6) is 0 Å². The van der Waals surface area contributed by atoms with Gasteiger partial charge in [-0.25, -0.2) is 8.42 Å². The van der Waals surface area contributed by atoms with Crippen molar-refractivity contribution >= 4 is 9.84 Å². The summed E-state index contributed by atoms with van der Waals surface area (Å²) in [5, 5.41) is 3.56. The van der Waals surface area contributed by atoms with E-state index in [1.165, 1.54) is 44.9 Å². The van der Waals surface area contributed by atoms with Gasteiger partial charge in [0.25, 0.3) is 0 Å². The van der Waals surface area contributed by atoms with Crippen LogP contribution >= 0.6 is 0 Å². The van der Waals surface area contributed by atoms with E-state index in [0.29, 0.717) is 17.5 Å². The summed E-state index contributed by atoms with van der Waals surface area (Å²) < 4.78 is 22.7. The molecule has 1 heterocycles. The first-order valence-corrected chi connectivity index (χ1v) is 8.44. The van der Waals surface area contributed by atoms with Gasteiger partial charge in [-0.15, -0.1) is 0 Å². The highest BCUT2D eigenvalue weighted by Crippen LogP contribution is 2.19. The van der Waals surface area contributed by atoms with Crippen molar-refractivity contribution in [1.82, 2.24) is 5.32 Å². The second-order valence-corrected chi connectivity index (χ2v) is 7.54. The van der Waals surface area contributed by atoms with Gasteiger partial charge in [0.2, 0.25) is 0 Å². The van der Waals surface area contributed by atoms with E-state index in [1.807, 2.05) is 0 Å². The zero-order valence-corrected chi connectivity index (χ0v) is 10.8. The van der Waals surface area contributed by atoms with Gasteiger partial charge in [0.15, 0.2) is 9.84 Å². The molecule has 1 saturated heterocycles. The molecular weight excluding hydrogens is 222 g/mol. The smallest absolute Gasteiger partial charge is 0.151 e. The third-order valence-corrected chi connectivity index (χ3v) is 5.58. The molecule has 0 aromatic carbocycles. The molecule has 0 bridgehead atoms. The fourth-order valence-corrected chi connectivity index (χ4v) is 4.57. The van der Waals surface area contributed by atoms with Gasteiger partial charge >= 0.3 is 0 Å². The topological polar surface area (TPSA) is 46.2 Å². The van der Waals surface area contributed by atoms with Gasteiger partial charge in [0.05, 0.1) is 11.5 Å². The average molecular weight is 245 g/mol. The third kappa shape index (κ3) is 3.74. The molecular formula is C12H23NO2S. The van der Waals surface area contributed by atoms with Crippen molar-refractivity contribution in [2.45, 2.75) is 63.5 Å². The first-order valence-electron chi connectivity index (χ1n) is 6.62. The molecule has 94 valence electrons. The Balaban J connectivity index is 1.79. The lowest BCUT2D eigenvalue weighted by molar-refractivity contribution is 0.361. The molecule has 4 heteroatoms. The van der Waals surface area contributed by atoms with E-state index in [1.54, 1.807) is 0 Å². The van der Waals surface area contributed by atoms with E-state index in [4.69, 9.17) is 0 Å². The second-order valence-electron chi connectivity index (χ2n) is 5.31. The number of hydrogen-bond donors (Lipinski definition) is 1. The molecule has 1 saturated carbocycles. The monoisotopic (exact) mass is 245 g/mol. The average Bonchev–Trinajstić information content (AvgIpc) is 2.50. The first kappa shape index (κ1) is 12.4. The molecule has 0 aromatic rings. The summed E-state index contributed by atoms with van der Waals surface area (Å²) in [7, 11) is -2.73. The zero-order valence-electron chi connectivity index (χ0n) is 9.95. The van der Waals surface area contributed by atoms with Crippen LogP contribution in [-0.4, -0.2) is 32.0 Å². The van der Waals surface area contributed by atoms with E-state index in [-0.39, 0.29) is 6.04 Å². The molecule has 1 aliphatic carbocycles. The van der Waals surface area contributed by atoms with Crippen LogP contribution in [0.25, 0.3) is 0 Å². The molecule has 2 aliphatic rings. The fourth-order valence-electron chi connectivity index (χ4n) is 2.88. The Bertz CT molecular complexity index is 305. The maximum atomic E-state index is 11.4. The van der Waals surface area contributed by atoms with Crippen LogP contribution in [-0.2, 0) is 9.84 Å². The minimum absolute atomic E-state index is 0.231. The van der Waals surface area contributed by atoms with E-state index in [0.717, 1.165) is 6.42 Å². The van der Waals surface area contributed by atoms with E-state index in [2.05, 4.69) is 5.32 Å². The molecule has 16 heavy (non-hydrogen) atoms.